The van der Waals surface area contributed by atoms with E-state index in [0.29, 0.717) is 13.0 Å². The number of nitrogens with two attached hydrogens (primary N) is 1. The van der Waals surface area contributed by atoms with Crippen molar-refractivity contribution >= 4 is 31.4 Å². The molecule has 3 aromatic carbocycles. The fraction of sp³-hybridized carbons (Fsp3) is 0.280. The summed E-state index contributed by atoms with van der Waals surface area (Å²) in [5.41, 5.74) is 7.68. The van der Waals surface area contributed by atoms with Gasteiger partial charge >= 0.3 is 0 Å². The molecule has 0 aliphatic rings. The molecule has 0 aliphatic heterocycles. The van der Waals surface area contributed by atoms with Crippen LogP contribution in [0.25, 0.3) is 0 Å². The average Bonchev–Trinajstić information content (AvgIpc) is 2.74. The normalized spacial score (nSPS) is 14.0. The van der Waals surface area contributed by atoms with Crippen molar-refractivity contribution in [3.63, 3.8) is 0 Å². The molecule has 0 saturated carbocycles. The molecule has 0 amide bonds. The summed E-state index contributed by atoms with van der Waals surface area (Å²) in [4.78, 5) is 11.3. The van der Waals surface area contributed by atoms with E-state index in [-0.39, 0.29) is 6.16 Å². The van der Waals surface area contributed by atoms with E-state index in [4.69, 9.17) is 27.0 Å². The van der Waals surface area contributed by atoms with E-state index in [9.17, 15) is 4.57 Å². The van der Waals surface area contributed by atoms with Gasteiger partial charge in [0, 0.05) is 26.5 Å². The Labute approximate surface area is 200 Å². The van der Waals surface area contributed by atoms with Gasteiger partial charge in [-0.25, -0.2) is 0 Å². The number of hydrogen-bond acceptors (Lipinski definition) is 4. The van der Waals surface area contributed by atoms with Crippen molar-refractivity contribution in [2.45, 2.75) is 48.1 Å². The molecule has 170 valence electrons. The first-order valence-electron chi connectivity index (χ1n) is 10.5. The van der Waals surface area contributed by atoms with Gasteiger partial charge < -0.3 is 15.4 Å². The molecule has 3 aromatic rings. The van der Waals surface area contributed by atoms with Crippen LogP contribution in [0.2, 0.25) is 5.02 Å². The van der Waals surface area contributed by atoms with Gasteiger partial charge in [0.2, 0.25) is 0 Å². The fourth-order valence-electron chi connectivity index (χ4n) is 3.42. The third-order valence-electron chi connectivity index (χ3n) is 5.06. The summed E-state index contributed by atoms with van der Waals surface area (Å²) >= 11 is 8.16. The van der Waals surface area contributed by atoms with E-state index in [0.717, 1.165) is 44.5 Å². The lowest BCUT2D eigenvalue weighted by Gasteiger charge is -2.23. The first-order valence-corrected chi connectivity index (χ1v) is 13.3. The zero-order chi connectivity index (χ0) is 23.0. The van der Waals surface area contributed by atoms with Crippen molar-refractivity contribution in [2.75, 3.05) is 6.16 Å². The van der Waals surface area contributed by atoms with Crippen LogP contribution in [0.3, 0.4) is 0 Å². The van der Waals surface area contributed by atoms with E-state index < -0.39 is 13.6 Å². The van der Waals surface area contributed by atoms with Crippen molar-refractivity contribution in [1.82, 2.24) is 0 Å². The molecular weight excluding hydrogens is 461 g/mol. The first kappa shape index (κ1) is 24.9. The number of ether oxygens (including phenoxy) is 1. The predicted molar refractivity (Wildman–Crippen MR) is 134 cm³/mol. The molecule has 0 fully saturated rings. The smallest absolute Gasteiger partial charge is 0.190 e. The molecular formula is C25H29ClNO3PS. The van der Waals surface area contributed by atoms with Crippen LogP contribution in [-0.2, 0) is 17.6 Å². The van der Waals surface area contributed by atoms with Gasteiger partial charge in [-0.2, -0.15) is 0 Å². The molecule has 2 atom stereocenters. The first-order chi connectivity index (χ1) is 15.3. The SMILES string of the molecule is CC(N)(CCCc1ccc(Sc2cccc(OCc3ccccc3)c2)cc1Cl)C[PH](=O)O. The fourth-order valence-corrected chi connectivity index (χ4v) is 5.53. The molecule has 0 saturated heterocycles. The molecule has 0 aliphatic carbocycles. The van der Waals surface area contributed by atoms with Gasteiger partial charge in [0.15, 0.2) is 8.03 Å². The lowest BCUT2D eigenvalue weighted by molar-refractivity contribution is 0.305. The Morgan fingerprint density at radius 2 is 1.81 bits per heavy atom. The Hall–Kier alpha value is -1.75. The molecule has 3 rings (SSSR count). The molecule has 4 nitrogen and oxygen atoms in total. The number of hydrogen-bond donors (Lipinski definition) is 2. The standard InChI is InChI=1S/C25H29ClNO3PS/c1-25(27,18-31(28)29)14-6-9-20-12-13-23(16-24(20)26)32-22-11-5-10-21(15-22)30-17-19-7-3-2-4-8-19/h2-5,7-8,10-13,15-16,31H,6,9,14,17-18,27H2,1H3,(H,28,29). The number of halogens is 1. The Kier molecular flexibility index (Phi) is 9.27. The molecule has 2 unspecified atom stereocenters. The van der Waals surface area contributed by atoms with Crippen LogP contribution >= 0.6 is 31.4 Å². The minimum atomic E-state index is -2.56. The molecule has 0 spiro atoms. The maximum absolute atomic E-state index is 11.1. The molecule has 3 N–H and O–H groups in total. The summed E-state index contributed by atoms with van der Waals surface area (Å²) in [6.45, 7) is 2.36. The lowest BCUT2D eigenvalue weighted by atomic mass is 9.96. The van der Waals surface area contributed by atoms with E-state index >= 15 is 0 Å². The van der Waals surface area contributed by atoms with E-state index in [2.05, 4.69) is 12.1 Å². The third-order valence-corrected chi connectivity index (χ3v) is 7.50. The lowest BCUT2D eigenvalue weighted by Crippen LogP contribution is -2.38. The van der Waals surface area contributed by atoms with Crippen molar-refractivity contribution in [1.29, 1.82) is 0 Å². The molecule has 32 heavy (non-hydrogen) atoms. The zero-order valence-corrected chi connectivity index (χ0v) is 20.7. The van der Waals surface area contributed by atoms with E-state index in [1.54, 1.807) is 11.8 Å². The highest BCUT2D eigenvalue weighted by molar-refractivity contribution is 7.99. The Balaban J connectivity index is 1.55. The van der Waals surface area contributed by atoms with Crippen LogP contribution in [0.15, 0.2) is 82.6 Å². The Morgan fingerprint density at radius 1 is 1.06 bits per heavy atom. The van der Waals surface area contributed by atoms with Gasteiger partial charge in [-0.05, 0) is 67.6 Å². The average molecular weight is 490 g/mol. The summed E-state index contributed by atoms with van der Waals surface area (Å²) in [5.74, 6) is 0.830. The quantitative estimate of drug-likeness (QED) is 0.298. The number of aryl methyl sites for hydroxylation is 1. The minimum absolute atomic E-state index is 0.148. The summed E-state index contributed by atoms with van der Waals surface area (Å²) < 4.78 is 17.0. The molecule has 0 radical (unpaired) electrons. The highest BCUT2D eigenvalue weighted by atomic mass is 35.5. The highest BCUT2D eigenvalue weighted by Crippen LogP contribution is 2.33. The third kappa shape index (κ3) is 8.31. The van der Waals surface area contributed by atoms with Crippen LogP contribution in [0.1, 0.15) is 30.9 Å². The maximum Gasteiger partial charge on any atom is 0.190 e. The number of rotatable bonds is 11. The van der Waals surface area contributed by atoms with Crippen LogP contribution < -0.4 is 10.5 Å². The molecule has 0 heterocycles. The van der Waals surface area contributed by atoms with Crippen LogP contribution in [0.5, 0.6) is 5.75 Å². The van der Waals surface area contributed by atoms with Crippen LogP contribution in [-0.4, -0.2) is 16.6 Å². The Bertz CT molecular complexity index is 1050. The van der Waals surface area contributed by atoms with Gasteiger partial charge in [0.05, 0.1) is 0 Å². The largest absolute Gasteiger partial charge is 0.489 e. The maximum atomic E-state index is 11.1. The van der Waals surface area contributed by atoms with E-state index in [1.807, 2.05) is 67.6 Å². The molecule has 0 bridgehead atoms. The highest BCUT2D eigenvalue weighted by Gasteiger charge is 2.20. The van der Waals surface area contributed by atoms with Gasteiger partial charge in [0.1, 0.15) is 12.4 Å². The van der Waals surface area contributed by atoms with Gasteiger partial charge in [-0.1, -0.05) is 65.8 Å². The van der Waals surface area contributed by atoms with Gasteiger partial charge in [-0.15, -0.1) is 0 Å². The second kappa shape index (κ2) is 11.9. The van der Waals surface area contributed by atoms with Crippen molar-refractivity contribution in [3.05, 3.63) is 88.9 Å². The van der Waals surface area contributed by atoms with Gasteiger partial charge in [-0.3, -0.25) is 4.57 Å². The second-order valence-corrected chi connectivity index (χ2v) is 10.9. The topological polar surface area (TPSA) is 72.5 Å². The summed E-state index contributed by atoms with van der Waals surface area (Å²) in [5, 5.41) is 0.723. The second-order valence-electron chi connectivity index (χ2n) is 8.18. The van der Waals surface area contributed by atoms with Crippen LogP contribution in [0, 0.1) is 0 Å². The molecule has 0 aromatic heterocycles. The predicted octanol–water partition coefficient (Wildman–Crippen LogP) is 6.58. The minimum Gasteiger partial charge on any atom is -0.489 e. The summed E-state index contributed by atoms with van der Waals surface area (Å²) in [6.07, 6.45) is 2.42. The molecule has 7 heteroatoms. The monoisotopic (exact) mass is 489 g/mol. The number of benzene rings is 3. The van der Waals surface area contributed by atoms with Crippen molar-refractivity contribution in [2.24, 2.45) is 5.73 Å². The van der Waals surface area contributed by atoms with E-state index in [1.165, 1.54) is 0 Å². The van der Waals surface area contributed by atoms with Crippen LogP contribution in [0.4, 0.5) is 0 Å². The van der Waals surface area contributed by atoms with Crippen molar-refractivity contribution < 1.29 is 14.2 Å². The van der Waals surface area contributed by atoms with Gasteiger partial charge in [0.25, 0.3) is 0 Å². The summed E-state index contributed by atoms with van der Waals surface area (Å²) in [6, 6.07) is 24.2. The summed E-state index contributed by atoms with van der Waals surface area (Å²) in [7, 11) is -2.56. The zero-order valence-electron chi connectivity index (χ0n) is 18.1. The Morgan fingerprint density at radius 3 is 2.53 bits per heavy atom. The van der Waals surface area contributed by atoms with Crippen molar-refractivity contribution in [3.8, 4) is 5.75 Å².